The lowest BCUT2D eigenvalue weighted by Crippen LogP contribution is -1.82. The maximum Gasteiger partial charge on any atom is 0.108 e. The zero-order valence-electron chi connectivity index (χ0n) is 10.00. The molecule has 0 atom stereocenters. The lowest BCUT2D eigenvalue weighted by molar-refractivity contribution is 0.562. The number of rotatable bonds is 3. The van der Waals surface area contributed by atoms with Gasteiger partial charge in [-0.25, -0.2) is 4.39 Å². The molecule has 0 amide bonds. The van der Waals surface area contributed by atoms with Crippen LogP contribution in [0.25, 0.3) is 16.5 Å². The quantitative estimate of drug-likeness (QED) is 0.798. The third-order valence-electron chi connectivity index (χ3n) is 2.77. The van der Waals surface area contributed by atoms with Gasteiger partial charge in [-0.05, 0) is 25.0 Å². The molecular weight excluding hydrogens is 215 g/mol. The minimum Gasteiger partial charge on any atom is -0.277 e. The molecule has 0 bridgehead atoms. The molecule has 0 aliphatic rings. The van der Waals surface area contributed by atoms with Gasteiger partial charge in [-0.1, -0.05) is 36.4 Å². The van der Waals surface area contributed by atoms with E-state index in [1.165, 1.54) is 6.08 Å². The number of benzene rings is 1. The molecule has 0 unspecified atom stereocenters. The van der Waals surface area contributed by atoms with Crippen LogP contribution >= 0.6 is 0 Å². The smallest absolute Gasteiger partial charge is 0.108 e. The fourth-order valence-electron chi connectivity index (χ4n) is 1.90. The van der Waals surface area contributed by atoms with Crippen molar-refractivity contribution >= 4 is 16.5 Å². The molecule has 0 fully saturated rings. The van der Waals surface area contributed by atoms with E-state index in [1.807, 2.05) is 38.1 Å². The van der Waals surface area contributed by atoms with Gasteiger partial charge in [0, 0.05) is 5.39 Å². The van der Waals surface area contributed by atoms with Crippen LogP contribution in [-0.4, -0.2) is 16.9 Å². The number of hydrogen-bond acceptors (Lipinski definition) is 1. The highest BCUT2D eigenvalue weighted by Gasteiger charge is 2.08. The number of aromatic amines is 1. The molecule has 1 aromatic carbocycles. The number of nitrogens with zero attached hydrogens (tertiary/aromatic N) is 1. The molecule has 0 aliphatic heterocycles. The predicted molar refractivity (Wildman–Crippen MR) is 69.6 cm³/mol. The van der Waals surface area contributed by atoms with Crippen LogP contribution in [0.5, 0.6) is 0 Å². The molecule has 1 aromatic heterocycles. The molecule has 0 radical (unpaired) electrons. The number of aryl methyl sites for hydroxylation is 1. The number of para-hydroxylation sites is 1. The molecule has 0 saturated heterocycles. The van der Waals surface area contributed by atoms with Gasteiger partial charge in [-0.15, -0.1) is 0 Å². The van der Waals surface area contributed by atoms with Gasteiger partial charge in [0.1, 0.15) is 6.67 Å². The Hall–Kier alpha value is -1.90. The van der Waals surface area contributed by atoms with E-state index in [9.17, 15) is 4.39 Å². The summed E-state index contributed by atoms with van der Waals surface area (Å²) in [6.07, 6.45) is 5.22. The minimum atomic E-state index is -0.456. The molecule has 2 rings (SSSR count). The van der Waals surface area contributed by atoms with Gasteiger partial charge in [0.15, 0.2) is 0 Å². The van der Waals surface area contributed by atoms with E-state index in [1.54, 1.807) is 6.08 Å². The van der Waals surface area contributed by atoms with Crippen LogP contribution in [0, 0.1) is 6.92 Å². The van der Waals surface area contributed by atoms with Crippen LogP contribution in [0.2, 0.25) is 0 Å². The van der Waals surface area contributed by atoms with Crippen molar-refractivity contribution in [1.82, 2.24) is 10.2 Å². The summed E-state index contributed by atoms with van der Waals surface area (Å²) in [5, 5.41) is 8.40. The van der Waals surface area contributed by atoms with E-state index in [-0.39, 0.29) is 0 Å². The Labute approximate surface area is 99.9 Å². The second-order valence-corrected chi connectivity index (χ2v) is 3.87. The fourth-order valence-corrected chi connectivity index (χ4v) is 1.90. The Bertz CT molecular complexity index is 579. The van der Waals surface area contributed by atoms with E-state index in [0.717, 1.165) is 27.7 Å². The first kappa shape index (κ1) is 11.6. The molecule has 3 heteroatoms. The van der Waals surface area contributed by atoms with Crippen LogP contribution in [0.4, 0.5) is 4.39 Å². The molecule has 17 heavy (non-hydrogen) atoms. The molecule has 2 nitrogen and oxygen atoms in total. The highest BCUT2D eigenvalue weighted by Crippen LogP contribution is 2.25. The molecule has 0 aliphatic carbocycles. The largest absolute Gasteiger partial charge is 0.277 e. The third kappa shape index (κ3) is 2.13. The Morgan fingerprint density at radius 1 is 1.47 bits per heavy atom. The van der Waals surface area contributed by atoms with Gasteiger partial charge in [-0.3, -0.25) is 5.10 Å². The highest BCUT2D eigenvalue weighted by atomic mass is 19.1. The van der Waals surface area contributed by atoms with E-state index >= 15 is 0 Å². The first-order valence-corrected chi connectivity index (χ1v) is 5.60. The third-order valence-corrected chi connectivity index (χ3v) is 2.77. The number of aromatic nitrogens is 2. The van der Waals surface area contributed by atoms with E-state index in [4.69, 9.17) is 0 Å². The number of nitrogens with one attached hydrogen (secondary N) is 1. The standard InChI is InChI=1S/C14H15FN2/c1-3-11(7-5-9-15)14-12-8-4-6-10(2)13(12)16-17-14/h3-8H,9H2,1-2H3,(H,16,17)/b7-5-,11-3+. The first-order chi connectivity index (χ1) is 8.27. The van der Waals surface area contributed by atoms with E-state index in [0.29, 0.717) is 0 Å². The normalized spacial score (nSPS) is 12.8. The van der Waals surface area contributed by atoms with Crippen molar-refractivity contribution < 1.29 is 4.39 Å². The SMILES string of the molecule is C/C=C(\C=C/CF)c1[nH]nc2c(C)cccc12. The van der Waals surface area contributed by atoms with Gasteiger partial charge >= 0.3 is 0 Å². The van der Waals surface area contributed by atoms with Gasteiger partial charge in [-0.2, -0.15) is 5.10 Å². The van der Waals surface area contributed by atoms with Gasteiger partial charge in [0.25, 0.3) is 0 Å². The highest BCUT2D eigenvalue weighted by molar-refractivity contribution is 5.94. The van der Waals surface area contributed by atoms with Crippen molar-refractivity contribution in [2.24, 2.45) is 0 Å². The zero-order chi connectivity index (χ0) is 12.3. The second-order valence-electron chi connectivity index (χ2n) is 3.87. The first-order valence-electron chi connectivity index (χ1n) is 5.60. The molecule has 0 saturated carbocycles. The summed E-state index contributed by atoms with van der Waals surface area (Å²) in [6, 6.07) is 6.05. The average molecular weight is 230 g/mol. The molecule has 0 spiro atoms. The average Bonchev–Trinajstić information content (AvgIpc) is 2.76. The summed E-state index contributed by atoms with van der Waals surface area (Å²) in [5.41, 5.74) is 4.00. The maximum atomic E-state index is 12.2. The minimum absolute atomic E-state index is 0.456. The lowest BCUT2D eigenvalue weighted by atomic mass is 10.1. The predicted octanol–water partition coefficient (Wildman–Crippen LogP) is 3.80. The van der Waals surface area contributed by atoms with Gasteiger partial charge in [0.05, 0.1) is 11.2 Å². The number of H-pyrrole nitrogens is 1. The topological polar surface area (TPSA) is 28.7 Å². The summed E-state index contributed by atoms with van der Waals surface area (Å²) in [4.78, 5) is 0. The Kier molecular flexibility index (Phi) is 3.38. The number of fused-ring (bicyclic) bond motifs is 1. The van der Waals surface area contributed by atoms with Crippen LogP contribution in [0.3, 0.4) is 0 Å². The van der Waals surface area contributed by atoms with Crippen LogP contribution < -0.4 is 0 Å². The van der Waals surface area contributed by atoms with Crippen LogP contribution in [-0.2, 0) is 0 Å². The molecule has 1 N–H and O–H groups in total. The van der Waals surface area contributed by atoms with Crippen LogP contribution in [0.1, 0.15) is 18.2 Å². The van der Waals surface area contributed by atoms with Crippen molar-refractivity contribution in [3.05, 3.63) is 47.7 Å². The summed E-state index contributed by atoms with van der Waals surface area (Å²) < 4.78 is 12.2. The summed E-state index contributed by atoms with van der Waals surface area (Å²) in [5.74, 6) is 0. The van der Waals surface area contributed by atoms with Gasteiger partial charge < -0.3 is 0 Å². The molecular formula is C14H15FN2. The Balaban J connectivity index is 2.56. The molecule has 2 aromatic rings. The maximum absolute atomic E-state index is 12.2. The van der Waals surface area contributed by atoms with Crippen molar-refractivity contribution in [2.75, 3.05) is 6.67 Å². The summed E-state index contributed by atoms with van der Waals surface area (Å²) in [7, 11) is 0. The van der Waals surface area contributed by atoms with Crippen molar-refractivity contribution in [3.63, 3.8) is 0 Å². The number of hydrogen-bond donors (Lipinski definition) is 1. The summed E-state index contributed by atoms with van der Waals surface area (Å²) in [6.45, 7) is 3.50. The fraction of sp³-hybridized carbons (Fsp3) is 0.214. The van der Waals surface area contributed by atoms with Crippen LogP contribution in [0.15, 0.2) is 36.4 Å². The van der Waals surface area contributed by atoms with E-state index < -0.39 is 6.67 Å². The van der Waals surface area contributed by atoms with Crippen molar-refractivity contribution in [3.8, 4) is 0 Å². The van der Waals surface area contributed by atoms with Crippen molar-refractivity contribution in [2.45, 2.75) is 13.8 Å². The number of allylic oxidation sites excluding steroid dienone is 4. The number of halogens is 1. The number of alkyl halides is 1. The lowest BCUT2D eigenvalue weighted by Gasteiger charge is -1.99. The Morgan fingerprint density at radius 2 is 2.29 bits per heavy atom. The summed E-state index contributed by atoms with van der Waals surface area (Å²) >= 11 is 0. The van der Waals surface area contributed by atoms with Crippen molar-refractivity contribution in [1.29, 1.82) is 0 Å². The Morgan fingerprint density at radius 3 is 3.00 bits per heavy atom. The molecule has 88 valence electrons. The monoisotopic (exact) mass is 230 g/mol. The second kappa shape index (κ2) is 4.95. The molecule has 1 heterocycles. The zero-order valence-corrected chi connectivity index (χ0v) is 10.00. The van der Waals surface area contributed by atoms with Gasteiger partial charge in [0.2, 0.25) is 0 Å². The van der Waals surface area contributed by atoms with E-state index in [2.05, 4.69) is 10.2 Å².